The van der Waals surface area contributed by atoms with Gasteiger partial charge in [-0.1, -0.05) is 25.1 Å². The first-order valence-electron chi connectivity index (χ1n) is 10.6. The fourth-order valence-electron chi connectivity index (χ4n) is 3.47. The van der Waals surface area contributed by atoms with Crippen LogP contribution in [-0.2, 0) is 9.53 Å². The molecule has 1 N–H and O–H groups in total. The second kappa shape index (κ2) is 11.5. The molecule has 176 valence electrons. The summed E-state index contributed by atoms with van der Waals surface area (Å²) in [6, 6.07) is 9.20. The van der Waals surface area contributed by atoms with E-state index < -0.39 is 11.0 Å². The van der Waals surface area contributed by atoms with Crippen molar-refractivity contribution in [2.24, 2.45) is 5.10 Å². The molecule has 3 amide bonds. The number of hydrogen-bond donors (Lipinski definition) is 1. The van der Waals surface area contributed by atoms with Crippen LogP contribution in [0, 0.1) is 10.1 Å². The average Bonchev–Trinajstić information content (AvgIpc) is 3.50. The molecule has 1 aliphatic rings. The van der Waals surface area contributed by atoms with Gasteiger partial charge < -0.3 is 15.0 Å². The molecule has 0 spiro atoms. The van der Waals surface area contributed by atoms with E-state index in [-0.39, 0.29) is 37.3 Å². The van der Waals surface area contributed by atoms with Gasteiger partial charge in [-0.2, -0.15) is 5.10 Å². The number of hydrazone groups is 1. The molecule has 10 nitrogen and oxygen atoms in total. The lowest BCUT2D eigenvalue weighted by molar-refractivity contribution is -0.384. The highest BCUT2D eigenvalue weighted by atomic mass is 32.1. The molecule has 0 unspecified atom stereocenters. The van der Waals surface area contributed by atoms with E-state index in [0.29, 0.717) is 18.5 Å². The molecule has 1 aromatic heterocycles. The van der Waals surface area contributed by atoms with Crippen LogP contribution in [0.3, 0.4) is 0 Å². The van der Waals surface area contributed by atoms with Gasteiger partial charge in [0.15, 0.2) is 0 Å². The van der Waals surface area contributed by atoms with Crippen molar-refractivity contribution in [2.75, 3.05) is 33.4 Å². The third-order valence-corrected chi connectivity index (χ3v) is 6.06. The van der Waals surface area contributed by atoms with E-state index in [0.717, 1.165) is 17.0 Å². The third-order valence-electron chi connectivity index (χ3n) is 5.14. The van der Waals surface area contributed by atoms with Crippen LogP contribution in [0.15, 0.2) is 46.9 Å². The van der Waals surface area contributed by atoms with Gasteiger partial charge in [-0.3, -0.25) is 14.9 Å². The number of carbonyl (C=O) groups excluding carboxylic acids is 2. The third kappa shape index (κ3) is 6.14. The lowest BCUT2D eigenvalue weighted by Gasteiger charge is -2.27. The van der Waals surface area contributed by atoms with Crippen LogP contribution in [0.2, 0.25) is 0 Å². The van der Waals surface area contributed by atoms with Gasteiger partial charge in [0.1, 0.15) is 6.54 Å². The van der Waals surface area contributed by atoms with Crippen LogP contribution in [0.5, 0.6) is 0 Å². The second-order valence-corrected chi connectivity index (χ2v) is 8.43. The van der Waals surface area contributed by atoms with E-state index in [4.69, 9.17) is 4.74 Å². The van der Waals surface area contributed by atoms with Crippen LogP contribution >= 0.6 is 11.3 Å². The van der Waals surface area contributed by atoms with Gasteiger partial charge in [-0.15, -0.1) is 11.3 Å². The van der Waals surface area contributed by atoms with Gasteiger partial charge in [-0.05, 0) is 23.4 Å². The van der Waals surface area contributed by atoms with Crippen molar-refractivity contribution in [2.45, 2.75) is 25.8 Å². The van der Waals surface area contributed by atoms with Gasteiger partial charge in [0.05, 0.1) is 28.2 Å². The van der Waals surface area contributed by atoms with E-state index in [9.17, 15) is 19.7 Å². The van der Waals surface area contributed by atoms with E-state index in [1.54, 1.807) is 12.1 Å². The predicted molar refractivity (Wildman–Crippen MR) is 125 cm³/mol. The van der Waals surface area contributed by atoms with Gasteiger partial charge in [0.25, 0.3) is 11.6 Å². The van der Waals surface area contributed by atoms with Crippen molar-refractivity contribution in [3.05, 3.63) is 62.3 Å². The minimum atomic E-state index is -0.502. The summed E-state index contributed by atoms with van der Waals surface area (Å²) >= 11 is 1.51. The van der Waals surface area contributed by atoms with Crippen molar-refractivity contribution >= 4 is 34.7 Å². The van der Waals surface area contributed by atoms with Crippen LogP contribution in [0.4, 0.5) is 10.5 Å². The number of rotatable bonds is 10. The Bertz CT molecular complexity index is 1010. The average molecular weight is 474 g/mol. The first-order chi connectivity index (χ1) is 15.9. The molecular formula is C22H27N5O5S. The monoisotopic (exact) mass is 473 g/mol. The zero-order valence-electron chi connectivity index (χ0n) is 18.6. The topological polar surface area (TPSA) is 117 Å². The van der Waals surface area contributed by atoms with Crippen LogP contribution in [-0.4, -0.2) is 65.8 Å². The fourth-order valence-corrected chi connectivity index (χ4v) is 4.19. The number of thiophene rings is 1. The first-order valence-corrected chi connectivity index (χ1v) is 11.5. The summed E-state index contributed by atoms with van der Waals surface area (Å²) in [6.07, 6.45) is 1.20. The summed E-state index contributed by atoms with van der Waals surface area (Å²) in [5.41, 5.74) is 1.30. The largest absolute Gasteiger partial charge is 0.383 e. The number of hydrogen-bond acceptors (Lipinski definition) is 7. The maximum Gasteiger partial charge on any atom is 0.317 e. The van der Waals surface area contributed by atoms with E-state index >= 15 is 0 Å². The second-order valence-electron chi connectivity index (χ2n) is 7.48. The molecule has 0 saturated carbocycles. The lowest BCUT2D eigenvalue weighted by Crippen LogP contribution is -2.47. The Hall–Kier alpha value is -3.31. The molecule has 2 aromatic rings. The summed E-state index contributed by atoms with van der Waals surface area (Å²) in [5, 5.41) is 21.9. The predicted octanol–water partition coefficient (Wildman–Crippen LogP) is 3.40. The van der Waals surface area contributed by atoms with Crippen molar-refractivity contribution in [1.29, 1.82) is 0 Å². The molecule has 1 atom stereocenters. The van der Waals surface area contributed by atoms with Gasteiger partial charge in [-0.25, -0.2) is 9.80 Å². The number of nitrogens with zero attached hydrogens (tertiary/aromatic N) is 4. The molecule has 11 heteroatoms. The maximum atomic E-state index is 13.3. The number of carbonyl (C=O) groups is 2. The molecule has 0 aliphatic carbocycles. The van der Waals surface area contributed by atoms with E-state index in [1.165, 1.54) is 40.5 Å². The number of non-ortho nitro benzene ring substituents is 1. The molecule has 0 fully saturated rings. The maximum absolute atomic E-state index is 13.3. The van der Waals surface area contributed by atoms with Crippen molar-refractivity contribution in [3.8, 4) is 0 Å². The lowest BCUT2D eigenvalue weighted by atomic mass is 10.0. The molecule has 2 heterocycles. The van der Waals surface area contributed by atoms with E-state index in [1.807, 2.05) is 24.4 Å². The summed E-state index contributed by atoms with van der Waals surface area (Å²) in [7, 11) is 1.53. The Morgan fingerprint density at radius 1 is 1.36 bits per heavy atom. The zero-order chi connectivity index (χ0) is 23.8. The highest BCUT2D eigenvalue weighted by molar-refractivity contribution is 7.12. The van der Waals surface area contributed by atoms with Crippen molar-refractivity contribution in [3.63, 3.8) is 0 Å². The van der Waals surface area contributed by atoms with Crippen molar-refractivity contribution < 1.29 is 19.2 Å². The molecule has 33 heavy (non-hydrogen) atoms. The summed E-state index contributed by atoms with van der Waals surface area (Å²) in [6.45, 7) is 2.78. The normalized spacial score (nSPS) is 15.3. The molecule has 3 rings (SSSR count). The quantitative estimate of drug-likeness (QED) is 0.419. The number of nitro benzene ring substituents is 1. The first kappa shape index (κ1) is 24.3. The molecule has 1 aliphatic heterocycles. The summed E-state index contributed by atoms with van der Waals surface area (Å²) < 4.78 is 5.09. The Balaban J connectivity index is 1.87. The molecule has 0 radical (unpaired) electrons. The number of ether oxygens (including phenoxy) is 1. The standard InChI is InChI=1S/C22H27N5O5S/c1-3-9-23-22(29)25(10-11-32-2)15-21(28)26-19(14-18(24-26)20-8-5-12-33-20)16-6-4-7-17(13-16)27(30)31/h4-8,12-13,19H,3,9-11,14-15H2,1-2H3,(H,23,29)/t19-/m1/s1. The number of urea groups is 1. The van der Waals surface area contributed by atoms with Gasteiger partial charge in [0.2, 0.25) is 0 Å². The number of nitro groups is 1. The Labute approximate surface area is 196 Å². The molecular weight excluding hydrogens is 446 g/mol. The van der Waals surface area contributed by atoms with Gasteiger partial charge >= 0.3 is 6.03 Å². The summed E-state index contributed by atoms with van der Waals surface area (Å²) in [5.74, 6) is -0.374. The number of methoxy groups -OCH3 is 1. The number of nitrogens with one attached hydrogen (secondary N) is 1. The fraction of sp³-hybridized carbons (Fsp3) is 0.409. The highest BCUT2D eigenvalue weighted by Crippen LogP contribution is 2.35. The molecule has 0 saturated heterocycles. The van der Waals surface area contributed by atoms with Crippen LogP contribution in [0.1, 0.15) is 36.2 Å². The Kier molecular flexibility index (Phi) is 8.50. The van der Waals surface area contributed by atoms with E-state index in [2.05, 4.69) is 10.4 Å². The molecule has 1 aromatic carbocycles. The van der Waals surface area contributed by atoms with Crippen molar-refractivity contribution in [1.82, 2.24) is 15.2 Å². The van der Waals surface area contributed by atoms with Crippen LogP contribution < -0.4 is 5.32 Å². The number of amides is 3. The van der Waals surface area contributed by atoms with Gasteiger partial charge in [0, 0.05) is 38.8 Å². The van der Waals surface area contributed by atoms with Crippen LogP contribution in [0.25, 0.3) is 0 Å². The zero-order valence-corrected chi connectivity index (χ0v) is 19.4. The number of benzene rings is 1. The minimum absolute atomic E-state index is 0.0508. The highest BCUT2D eigenvalue weighted by Gasteiger charge is 2.35. The molecule has 0 bridgehead atoms. The smallest absolute Gasteiger partial charge is 0.317 e. The Morgan fingerprint density at radius 3 is 2.85 bits per heavy atom. The SMILES string of the molecule is CCCNC(=O)N(CCOC)CC(=O)N1N=C(c2cccs2)C[C@@H]1c1cccc([N+](=O)[O-])c1. The summed E-state index contributed by atoms with van der Waals surface area (Å²) in [4.78, 5) is 39.0. The Morgan fingerprint density at radius 2 is 2.18 bits per heavy atom. The minimum Gasteiger partial charge on any atom is -0.383 e.